The van der Waals surface area contributed by atoms with Crippen molar-refractivity contribution in [3.63, 3.8) is 0 Å². The SMILES string of the molecule is CC(C)(C)c1ccc(N(c2cccc3c2-c2ccccc2C3(C)C)C(C)(C)C)cc1. The fourth-order valence-corrected chi connectivity index (χ4v) is 4.92. The van der Waals surface area contributed by atoms with E-state index in [0.29, 0.717) is 0 Å². The highest BCUT2D eigenvalue weighted by Gasteiger charge is 2.38. The summed E-state index contributed by atoms with van der Waals surface area (Å²) in [6.45, 7) is 18.4. The monoisotopic (exact) mass is 397 g/mol. The topological polar surface area (TPSA) is 3.24 Å². The molecule has 1 aliphatic rings. The van der Waals surface area contributed by atoms with Gasteiger partial charge in [0.2, 0.25) is 0 Å². The summed E-state index contributed by atoms with van der Waals surface area (Å²) in [4.78, 5) is 2.51. The molecule has 0 amide bonds. The number of nitrogens with zero attached hydrogens (tertiary/aromatic N) is 1. The molecule has 1 nitrogen and oxygen atoms in total. The van der Waals surface area contributed by atoms with Gasteiger partial charge < -0.3 is 4.90 Å². The van der Waals surface area contributed by atoms with Gasteiger partial charge in [-0.05, 0) is 66.6 Å². The van der Waals surface area contributed by atoms with Gasteiger partial charge in [0.25, 0.3) is 0 Å². The minimum atomic E-state index is -0.0555. The molecule has 0 unspecified atom stereocenters. The van der Waals surface area contributed by atoms with Crippen LogP contribution >= 0.6 is 0 Å². The highest BCUT2D eigenvalue weighted by atomic mass is 15.2. The van der Waals surface area contributed by atoms with Gasteiger partial charge in [0.05, 0.1) is 0 Å². The van der Waals surface area contributed by atoms with Crippen molar-refractivity contribution < 1.29 is 0 Å². The van der Waals surface area contributed by atoms with Crippen molar-refractivity contribution in [2.24, 2.45) is 0 Å². The second kappa shape index (κ2) is 6.74. The van der Waals surface area contributed by atoms with Crippen molar-refractivity contribution in [2.45, 2.75) is 71.8 Å². The summed E-state index contributed by atoms with van der Waals surface area (Å²) in [5.41, 5.74) is 9.61. The van der Waals surface area contributed by atoms with Crippen molar-refractivity contribution in [3.05, 3.63) is 83.4 Å². The molecule has 3 aromatic carbocycles. The van der Waals surface area contributed by atoms with Gasteiger partial charge in [0, 0.05) is 27.9 Å². The van der Waals surface area contributed by atoms with E-state index in [2.05, 4.69) is 127 Å². The number of anilines is 2. The lowest BCUT2D eigenvalue weighted by Gasteiger charge is -2.39. The smallest absolute Gasteiger partial charge is 0.0498 e. The summed E-state index contributed by atoms with van der Waals surface area (Å²) in [5.74, 6) is 0. The molecule has 1 aliphatic carbocycles. The van der Waals surface area contributed by atoms with Gasteiger partial charge in [-0.2, -0.15) is 0 Å². The summed E-state index contributed by atoms with van der Waals surface area (Å²) >= 11 is 0. The van der Waals surface area contributed by atoms with E-state index in [9.17, 15) is 0 Å². The molecular weight excluding hydrogens is 362 g/mol. The normalized spacial score (nSPS) is 14.9. The first kappa shape index (κ1) is 20.7. The zero-order valence-corrected chi connectivity index (χ0v) is 19.8. The van der Waals surface area contributed by atoms with Crippen LogP contribution in [0.4, 0.5) is 11.4 Å². The second-order valence-corrected chi connectivity index (χ2v) is 11.2. The molecule has 156 valence electrons. The number of fused-ring (bicyclic) bond motifs is 3. The molecule has 0 spiro atoms. The zero-order chi connectivity index (χ0) is 21.9. The van der Waals surface area contributed by atoms with E-state index >= 15 is 0 Å². The lowest BCUT2D eigenvalue weighted by atomic mass is 9.82. The third-order valence-corrected chi connectivity index (χ3v) is 6.49. The maximum absolute atomic E-state index is 2.51. The van der Waals surface area contributed by atoms with Crippen LogP contribution in [0.5, 0.6) is 0 Å². The standard InChI is InChI=1S/C29H35N/c1-27(2,3)20-16-18-21(19-17-20)30(28(4,5)6)25-15-11-14-24-26(25)22-12-9-10-13-23(22)29(24,7)8/h9-19H,1-8H3. The van der Waals surface area contributed by atoms with Crippen molar-refractivity contribution in [3.8, 4) is 11.1 Å². The Morgan fingerprint density at radius 2 is 1.27 bits per heavy atom. The third kappa shape index (κ3) is 3.25. The fourth-order valence-electron chi connectivity index (χ4n) is 4.92. The van der Waals surface area contributed by atoms with Crippen molar-refractivity contribution >= 4 is 11.4 Å². The van der Waals surface area contributed by atoms with Gasteiger partial charge in [-0.3, -0.25) is 0 Å². The molecule has 0 atom stereocenters. The van der Waals surface area contributed by atoms with Crippen LogP contribution in [0.3, 0.4) is 0 Å². The highest BCUT2D eigenvalue weighted by Crippen LogP contribution is 2.53. The van der Waals surface area contributed by atoms with E-state index in [-0.39, 0.29) is 16.4 Å². The van der Waals surface area contributed by atoms with Crippen LogP contribution in [0.2, 0.25) is 0 Å². The predicted molar refractivity (Wildman–Crippen MR) is 131 cm³/mol. The maximum Gasteiger partial charge on any atom is 0.0498 e. The van der Waals surface area contributed by atoms with Gasteiger partial charge >= 0.3 is 0 Å². The van der Waals surface area contributed by atoms with E-state index in [0.717, 1.165) is 0 Å². The quantitative estimate of drug-likeness (QED) is 0.421. The Bertz CT molecular complexity index is 1070. The Labute approximate surface area is 182 Å². The minimum Gasteiger partial charge on any atom is -0.336 e. The van der Waals surface area contributed by atoms with Gasteiger partial charge in [0.1, 0.15) is 0 Å². The molecule has 0 N–H and O–H groups in total. The average Bonchev–Trinajstić information content (AvgIpc) is 2.89. The first-order valence-corrected chi connectivity index (χ1v) is 11.1. The second-order valence-electron chi connectivity index (χ2n) is 11.2. The van der Waals surface area contributed by atoms with Crippen LogP contribution in [0.1, 0.15) is 72.1 Å². The first-order valence-electron chi connectivity index (χ1n) is 11.1. The van der Waals surface area contributed by atoms with Gasteiger partial charge in [-0.25, -0.2) is 0 Å². The summed E-state index contributed by atoms with van der Waals surface area (Å²) in [6, 6.07) is 24.9. The largest absolute Gasteiger partial charge is 0.336 e. The molecule has 0 aromatic heterocycles. The molecule has 0 bridgehead atoms. The van der Waals surface area contributed by atoms with Gasteiger partial charge in [0.15, 0.2) is 0 Å². The van der Waals surface area contributed by atoms with Gasteiger partial charge in [-0.15, -0.1) is 0 Å². The van der Waals surface area contributed by atoms with E-state index in [1.165, 1.54) is 39.2 Å². The molecule has 4 rings (SSSR count). The molecule has 0 radical (unpaired) electrons. The Hall–Kier alpha value is -2.54. The van der Waals surface area contributed by atoms with E-state index in [1.54, 1.807) is 0 Å². The fraction of sp³-hybridized carbons (Fsp3) is 0.379. The zero-order valence-electron chi connectivity index (χ0n) is 19.8. The van der Waals surface area contributed by atoms with Crippen LogP contribution in [-0.2, 0) is 10.8 Å². The van der Waals surface area contributed by atoms with E-state index in [4.69, 9.17) is 0 Å². The number of rotatable bonds is 2. The summed E-state index contributed by atoms with van der Waals surface area (Å²) in [7, 11) is 0. The van der Waals surface area contributed by atoms with Crippen LogP contribution < -0.4 is 4.90 Å². The summed E-state index contributed by atoms with van der Waals surface area (Å²) in [6.07, 6.45) is 0. The Morgan fingerprint density at radius 3 is 1.87 bits per heavy atom. The molecule has 0 saturated carbocycles. The average molecular weight is 398 g/mol. The number of benzene rings is 3. The summed E-state index contributed by atoms with van der Waals surface area (Å²) < 4.78 is 0. The molecule has 3 aromatic rings. The predicted octanol–water partition coefficient (Wildman–Crippen LogP) is 8.23. The first-order chi connectivity index (χ1) is 13.9. The number of hydrogen-bond donors (Lipinski definition) is 0. The molecule has 0 fully saturated rings. The maximum atomic E-state index is 2.51. The Kier molecular flexibility index (Phi) is 4.65. The highest BCUT2D eigenvalue weighted by molar-refractivity contribution is 5.92. The molecule has 30 heavy (non-hydrogen) atoms. The molecule has 0 aliphatic heterocycles. The Balaban J connectivity index is 1.94. The number of hydrogen-bond acceptors (Lipinski definition) is 1. The minimum absolute atomic E-state index is 0.0155. The van der Waals surface area contributed by atoms with Crippen LogP contribution in [0.15, 0.2) is 66.7 Å². The van der Waals surface area contributed by atoms with E-state index in [1.807, 2.05) is 0 Å². The molecular formula is C29H35N. The lowest BCUT2D eigenvalue weighted by molar-refractivity contribution is 0.559. The summed E-state index contributed by atoms with van der Waals surface area (Å²) in [5, 5.41) is 0. The Morgan fingerprint density at radius 1 is 0.667 bits per heavy atom. The third-order valence-electron chi connectivity index (χ3n) is 6.49. The molecule has 1 heteroatoms. The van der Waals surface area contributed by atoms with Crippen LogP contribution in [0, 0.1) is 0 Å². The van der Waals surface area contributed by atoms with Gasteiger partial charge in [-0.1, -0.05) is 83.1 Å². The van der Waals surface area contributed by atoms with Crippen molar-refractivity contribution in [2.75, 3.05) is 4.90 Å². The van der Waals surface area contributed by atoms with Crippen LogP contribution in [0.25, 0.3) is 11.1 Å². The van der Waals surface area contributed by atoms with Crippen molar-refractivity contribution in [1.82, 2.24) is 0 Å². The van der Waals surface area contributed by atoms with Crippen LogP contribution in [-0.4, -0.2) is 5.54 Å². The lowest BCUT2D eigenvalue weighted by Crippen LogP contribution is -2.38. The molecule has 0 heterocycles. The van der Waals surface area contributed by atoms with E-state index < -0.39 is 0 Å². The molecule has 0 saturated heterocycles. The van der Waals surface area contributed by atoms with Crippen molar-refractivity contribution in [1.29, 1.82) is 0 Å².